The van der Waals surface area contributed by atoms with Crippen LogP contribution in [0.15, 0.2) is 0 Å². The van der Waals surface area contributed by atoms with E-state index >= 15 is 0 Å². The molecule has 0 nitrogen and oxygen atoms in total. The summed E-state index contributed by atoms with van der Waals surface area (Å²) in [4.78, 5) is 0. The number of hydrogen-bond acceptors (Lipinski definition) is 0. The summed E-state index contributed by atoms with van der Waals surface area (Å²) in [5, 5.41) is 0. The summed E-state index contributed by atoms with van der Waals surface area (Å²) < 4.78 is 0. The fraction of sp³-hybridized carbons (Fsp3) is 0. The van der Waals surface area contributed by atoms with Crippen molar-refractivity contribution >= 4 is 37.2 Å². The van der Waals surface area contributed by atoms with Gasteiger partial charge in [0.2, 0.25) is 0 Å². The molecule has 0 rings (SSSR count). The van der Waals surface area contributed by atoms with Crippen LogP contribution in [-0.4, -0.2) is 37.2 Å². The maximum absolute atomic E-state index is 0. The monoisotopic (exact) mass is 166 g/mol. The van der Waals surface area contributed by atoms with E-state index in [0.717, 1.165) is 0 Å². The van der Waals surface area contributed by atoms with Gasteiger partial charge in [0.25, 0.3) is 0 Å². The molecule has 0 N–H and O–H groups in total. The van der Waals surface area contributed by atoms with Crippen LogP contribution in [0, 0.1) is 0 Å². The van der Waals surface area contributed by atoms with Gasteiger partial charge in [-0.1, -0.05) is 0 Å². The van der Waals surface area contributed by atoms with Crippen LogP contribution in [0.5, 0.6) is 0 Å². The third-order valence-electron chi connectivity index (χ3n) is 0. The van der Waals surface area contributed by atoms with E-state index in [9.17, 15) is 0 Å². The van der Waals surface area contributed by atoms with E-state index in [0.29, 0.717) is 0 Å². The smallest absolute Gasteiger partial charge is 0 e. The third-order valence-corrected chi connectivity index (χ3v) is 0. The van der Waals surface area contributed by atoms with Crippen molar-refractivity contribution in [1.82, 2.24) is 0 Å². The summed E-state index contributed by atoms with van der Waals surface area (Å²) in [6.45, 7) is 0. The molecule has 6 radical (unpaired) electrons. The Bertz CT molecular complexity index is 6.00. The zero-order valence-corrected chi connectivity index (χ0v) is 7.00. The molecule has 0 spiro atoms. The second-order valence-corrected chi connectivity index (χ2v) is 0. The summed E-state index contributed by atoms with van der Waals surface area (Å²) in [6, 6.07) is 0. The van der Waals surface area contributed by atoms with Gasteiger partial charge in [-0.05, 0) is 0 Å². The van der Waals surface area contributed by atoms with Crippen LogP contribution in [0.25, 0.3) is 0 Å². The van der Waals surface area contributed by atoms with E-state index in [1.807, 2.05) is 0 Å². The van der Waals surface area contributed by atoms with Gasteiger partial charge in [-0.2, -0.15) is 0 Å². The van der Waals surface area contributed by atoms with Crippen LogP contribution in [0.2, 0.25) is 0 Å². The SMILES string of the molecule is [Al].[Cl-].[Cl-].[Ga]. The first kappa shape index (κ1) is 42.4. The van der Waals surface area contributed by atoms with E-state index in [2.05, 4.69) is 0 Å². The van der Waals surface area contributed by atoms with Crippen LogP contribution < -0.4 is 24.8 Å². The summed E-state index contributed by atoms with van der Waals surface area (Å²) >= 11 is 0. The van der Waals surface area contributed by atoms with Crippen molar-refractivity contribution in [1.29, 1.82) is 0 Å². The fourth-order valence-corrected chi connectivity index (χ4v) is 0. The third kappa shape index (κ3) is 9.26. The molecule has 0 atom stereocenters. The molecule has 0 aliphatic rings. The summed E-state index contributed by atoms with van der Waals surface area (Å²) in [5.74, 6) is 0. The minimum atomic E-state index is 0. The Morgan fingerprint density at radius 3 is 0.750 bits per heavy atom. The maximum atomic E-state index is 0. The first-order chi connectivity index (χ1) is 0. The topological polar surface area (TPSA) is 0 Å². The summed E-state index contributed by atoms with van der Waals surface area (Å²) in [5.41, 5.74) is 0. The van der Waals surface area contributed by atoms with E-state index in [4.69, 9.17) is 0 Å². The maximum Gasteiger partial charge on any atom is 0 e. The van der Waals surface area contributed by atoms with Crippen LogP contribution in [0.4, 0.5) is 0 Å². The Morgan fingerprint density at radius 1 is 0.750 bits per heavy atom. The van der Waals surface area contributed by atoms with E-state index in [1.165, 1.54) is 0 Å². The molecule has 0 aliphatic carbocycles. The number of rotatable bonds is 0. The predicted octanol–water partition coefficient (Wildman–Crippen LogP) is -6.75. The first-order valence-electron chi connectivity index (χ1n) is 0. The van der Waals surface area contributed by atoms with Gasteiger partial charge >= 0.3 is 0 Å². The van der Waals surface area contributed by atoms with Crippen molar-refractivity contribution in [3.63, 3.8) is 0 Å². The normalized spacial score (nSPS) is 0. The standard InChI is InChI=1S/Al.2ClH.Ga/h;2*1H;/p-2. The Hall–Kier alpha value is 1.75. The van der Waals surface area contributed by atoms with Gasteiger partial charge in [0.1, 0.15) is 0 Å². The predicted molar refractivity (Wildman–Crippen MR) is 11.5 cm³/mol. The van der Waals surface area contributed by atoms with Crippen molar-refractivity contribution in [3.8, 4) is 0 Å². The molecule has 0 unspecified atom stereocenters. The minimum Gasteiger partial charge on any atom is -1.00 e. The molecule has 0 aliphatic heterocycles. The molecule has 0 heterocycles. The molecule has 4 heavy (non-hydrogen) atoms. The van der Waals surface area contributed by atoms with Crippen molar-refractivity contribution in [3.05, 3.63) is 0 Å². The van der Waals surface area contributed by atoms with Gasteiger partial charge in [-0.15, -0.1) is 0 Å². The van der Waals surface area contributed by atoms with Gasteiger partial charge in [-0.3, -0.25) is 0 Å². The second-order valence-electron chi connectivity index (χ2n) is 0. The quantitative estimate of drug-likeness (QED) is 0.315. The summed E-state index contributed by atoms with van der Waals surface area (Å²) in [7, 11) is 0. The van der Waals surface area contributed by atoms with Crippen molar-refractivity contribution < 1.29 is 24.8 Å². The van der Waals surface area contributed by atoms with Crippen LogP contribution in [0.1, 0.15) is 0 Å². The van der Waals surface area contributed by atoms with Crippen LogP contribution in [0.3, 0.4) is 0 Å². The molecule has 0 aromatic rings. The molecule has 0 aromatic heterocycles. The van der Waals surface area contributed by atoms with Crippen molar-refractivity contribution in [2.45, 2.75) is 0 Å². The van der Waals surface area contributed by atoms with E-state index in [-0.39, 0.29) is 62.0 Å². The fourth-order valence-electron chi connectivity index (χ4n) is 0. The Labute approximate surface area is 61.7 Å². The van der Waals surface area contributed by atoms with Crippen molar-refractivity contribution in [2.24, 2.45) is 0 Å². The molecular weight excluding hydrogens is 168 g/mol. The Morgan fingerprint density at radius 2 is 0.750 bits per heavy atom. The average Bonchev–Trinajstić information content (AvgIpc) is 0. The zero-order chi connectivity index (χ0) is 0. The largest absolute Gasteiger partial charge is 1.00 e. The minimum absolute atomic E-state index is 0. The van der Waals surface area contributed by atoms with E-state index in [1.54, 1.807) is 0 Å². The molecule has 0 bridgehead atoms. The number of hydrogen-bond donors (Lipinski definition) is 0. The molecule has 22 valence electrons. The van der Waals surface area contributed by atoms with Crippen molar-refractivity contribution in [2.75, 3.05) is 0 Å². The average molecular weight is 168 g/mol. The van der Waals surface area contributed by atoms with E-state index < -0.39 is 0 Å². The second kappa shape index (κ2) is 21.8. The van der Waals surface area contributed by atoms with Crippen LogP contribution in [-0.2, 0) is 0 Å². The van der Waals surface area contributed by atoms with Gasteiger partial charge in [0.05, 0.1) is 0 Å². The van der Waals surface area contributed by atoms with Crippen LogP contribution >= 0.6 is 0 Å². The Kier molecular flexibility index (Phi) is 231. The zero-order valence-electron chi connectivity index (χ0n) is 1.91. The molecule has 4 heteroatoms. The molecule has 0 saturated heterocycles. The number of halogens is 2. The Balaban J connectivity index is 0. The molecule has 0 amide bonds. The molecule has 0 saturated carbocycles. The molecule has 0 fully saturated rings. The van der Waals surface area contributed by atoms with Gasteiger partial charge in [0.15, 0.2) is 0 Å². The molecular formula is AlCl2Ga-2. The van der Waals surface area contributed by atoms with Gasteiger partial charge in [0, 0.05) is 37.2 Å². The first-order valence-corrected chi connectivity index (χ1v) is 0. The molecule has 0 aromatic carbocycles. The summed E-state index contributed by atoms with van der Waals surface area (Å²) in [6.07, 6.45) is 0. The van der Waals surface area contributed by atoms with Gasteiger partial charge in [-0.25, -0.2) is 0 Å². The van der Waals surface area contributed by atoms with Gasteiger partial charge < -0.3 is 24.8 Å².